The van der Waals surface area contributed by atoms with Crippen molar-refractivity contribution in [1.82, 2.24) is 9.55 Å². The summed E-state index contributed by atoms with van der Waals surface area (Å²) in [4.78, 5) is 12.5. The van der Waals surface area contributed by atoms with Gasteiger partial charge in [-0.2, -0.15) is 0 Å². The maximum absolute atomic E-state index is 5.04. The van der Waals surface area contributed by atoms with Crippen LogP contribution < -0.4 is 14.7 Å². The third kappa shape index (κ3) is 6.79. The Hall–Kier alpha value is -7.89. The summed E-state index contributed by atoms with van der Waals surface area (Å²) in [7, 11) is 0. The van der Waals surface area contributed by atoms with Gasteiger partial charge in [-0.15, -0.1) is 0 Å². The molecule has 0 bridgehead atoms. The smallest absolute Gasteiger partial charge is 0.138 e. The van der Waals surface area contributed by atoms with E-state index in [-0.39, 0.29) is 5.54 Å². The van der Waals surface area contributed by atoms with Crippen LogP contribution in [0.15, 0.2) is 219 Å². The summed E-state index contributed by atoms with van der Waals surface area (Å²) in [5, 5.41) is 2.36. The Morgan fingerprint density at radius 2 is 1.05 bits per heavy atom. The van der Waals surface area contributed by atoms with Gasteiger partial charge in [0.25, 0.3) is 0 Å². The SMILES string of the molecule is CC(C)(C)N1CN(c2cccc(N(c3ccc4c5ccccc5n(-c5cc(-c6ccccc6)ccn5)c4c3)c3c(-c4ccccc4)cccc3-c3ccccc3)c2)c2ccccc21. The second kappa shape index (κ2) is 15.5. The lowest BCUT2D eigenvalue weighted by atomic mass is 9.94. The van der Waals surface area contributed by atoms with E-state index in [0.717, 1.165) is 79.7 Å². The summed E-state index contributed by atoms with van der Waals surface area (Å²) in [5.74, 6) is 0.874. The van der Waals surface area contributed by atoms with E-state index in [2.05, 4.69) is 252 Å². The van der Waals surface area contributed by atoms with Crippen LogP contribution in [0.25, 0.3) is 61.0 Å². The summed E-state index contributed by atoms with van der Waals surface area (Å²) in [6.45, 7) is 7.63. The molecule has 0 aliphatic carbocycles. The lowest BCUT2D eigenvalue weighted by Gasteiger charge is -2.34. The highest BCUT2D eigenvalue weighted by molar-refractivity contribution is 6.11. The first-order valence-electron chi connectivity index (χ1n) is 21.7. The Balaban J connectivity index is 1.18. The highest BCUT2D eigenvalue weighted by atomic mass is 15.4. The molecule has 11 rings (SSSR count). The maximum atomic E-state index is 5.04. The fraction of sp³-hybridized carbons (Fsp3) is 0.0862. The number of aromatic nitrogens is 2. The number of anilines is 6. The monoisotopic (exact) mass is 813 g/mol. The molecule has 0 fully saturated rings. The molecule has 1 aliphatic heterocycles. The lowest BCUT2D eigenvalue weighted by Crippen LogP contribution is -2.42. The zero-order valence-electron chi connectivity index (χ0n) is 35.7. The molecule has 0 amide bonds. The normalized spacial score (nSPS) is 12.6. The molecule has 3 heterocycles. The molecule has 0 spiro atoms. The van der Waals surface area contributed by atoms with Crippen molar-refractivity contribution in [2.45, 2.75) is 26.3 Å². The lowest BCUT2D eigenvalue weighted by molar-refractivity contribution is 0.518. The Bertz CT molecular complexity index is 3200. The molecule has 0 saturated heterocycles. The van der Waals surface area contributed by atoms with Gasteiger partial charge in [0.2, 0.25) is 0 Å². The van der Waals surface area contributed by atoms with E-state index in [1.54, 1.807) is 0 Å². The van der Waals surface area contributed by atoms with Crippen molar-refractivity contribution < 1.29 is 0 Å². The zero-order valence-corrected chi connectivity index (χ0v) is 35.7. The van der Waals surface area contributed by atoms with Gasteiger partial charge in [-0.1, -0.05) is 152 Å². The van der Waals surface area contributed by atoms with Gasteiger partial charge >= 0.3 is 0 Å². The van der Waals surface area contributed by atoms with Gasteiger partial charge in [-0.3, -0.25) is 4.57 Å². The Morgan fingerprint density at radius 3 is 1.75 bits per heavy atom. The van der Waals surface area contributed by atoms with E-state index in [9.17, 15) is 0 Å². The second-order valence-electron chi connectivity index (χ2n) is 17.3. The van der Waals surface area contributed by atoms with Crippen molar-refractivity contribution in [1.29, 1.82) is 0 Å². The molecule has 2 aromatic heterocycles. The summed E-state index contributed by atoms with van der Waals surface area (Å²) >= 11 is 0. The van der Waals surface area contributed by atoms with Crippen molar-refractivity contribution in [3.05, 3.63) is 219 Å². The topological polar surface area (TPSA) is 27.5 Å². The summed E-state index contributed by atoms with van der Waals surface area (Å²) in [5.41, 5.74) is 15.8. The summed E-state index contributed by atoms with van der Waals surface area (Å²) < 4.78 is 2.33. The van der Waals surface area contributed by atoms with E-state index in [1.165, 1.54) is 22.1 Å². The van der Waals surface area contributed by atoms with Crippen molar-refractivity contribution >= 4 is 55.9 Å². The fourth-order valence-electron chi connectivity index (χ4n) is 9.40. The first-order valence-corrected chi connectivity index (χ1v) is 21.7. The van der Waals surface area contributed by atoms with Crippen LogP contribution in [0, 0.1) is 0 Å². The average molecular weight is 814 g/mol. The minimum Gasteiger partial charge on any atom is -0.347 e. The van der Waals surface area contributed by atoms with Crippen LogP contribution in [0.1, 0.15) is 20.8 Å². The molecule has 8 aromatic carbocycles. The number of nitrogens with zero attached hydrogens (tertiary/aromatic N) is 5. The van der Waals surface area contributed by atoms with Crippen LogP contribution in [0.3, 0.4) is 0 Å². The van der Waals surface area contributed by atoms with Crippen LogP contribution in [0.2, 0.25) is 0 Å². The molecular formula is C58H47N5. The van der Waals surface area contributed by atoms with Crippen LogP contribution in [0.4, 0.5) is 34.1 Å². The molecule has 63 heavy (non-hydrogen) atoms. The predicted molar refractivity (Wildman–Crippen MR) is 265 cm³/mol. The summed E-state index contributed by atoms with van der Waals surface area (Å²) in [6, 6.07) is 76.7. The quantitative estimate of drug-likeness (QED) is 0.153. The Kier molecular flexibility index (Phi) is 9.39. The van der Waals surface area contributed by atoms with Crippen LogP contribution >= 0.6 is 0 Å². The minimum absolute atomic E-state index is 0.0585. The predicted octanol–water partition coefficient (Wildman–Crippen LogP) is 15.4. The molecule has 0 radical (unpaired) electrons. The van der Waals surface area contributed by atoms with Crippen molar-refractivity contribution in [3.63, 3.8) is 0 Å². The maximum Gasteiger partial charge on any atom is 0.138 e. The second-order valence-corrected chi connectivity index (χ2v) is 17.3. The molecule has 0 unspecified atom stereocenters. The molecule has 304 valence electrons. The van der Waals surface area contributed by atoms with Gasteiger partial charge < -0.3 is 14.7 Å². The first-order chi connectivity index (χ1) is 30.9. The third-order valence-electron chi connectivity index (χ3n) is 12.4. The molecule has 10 aromatic rings. The number of para-hydroxylation sites is 4. The molecule has 5 heteroatoms. The van der Waals surface area contributed by atoms with Gasteiger partial charge in [0, 0.05) is 50.7 Å². The number of fused-ring (bicyclic) bond motifs is 4. The van der Waals surface area contributed by atoms with Crippen molar-refractivity contribution in [2.75, 3.05) is 21.4 Å². The third-order valence-corrected chi connectivity index (χ3v) is 12.4. The fourth-order valence-corrected chi connectivity index (χ4v) is 9.40. The number of hydrogen-bond donors (Lipinski definition) is 0. The van der Waals surface area contributed by atoms with Crippen molar-refractivity contribution in [3.8, 4) is 39.2 Å². The van der Waals surface area contributed by atoms with Gasteiger partial charge in [-0.05, 0) is 104 Å². The largest absolute Gasteiger partial charge is 0.347 e. The van der Waals surface area contributed by atoms with Gasteiger partial charge in [-0.25, -0.2) is 4.98 Å². The summed E-state index contributed by atoms with van der Waals surface area (Å²) in [6.07, 6.45) is 1.93. The molecule has 0 atom stereocenters. The van der Waals surface area contributed by atoms with Gasteiger partial charge in [0.1, 0.15) is 5.82 Å². The van der Waals surface area contributed by atoms with Crippen LogP contribution in [0.5, 0.6) is 0 Å². The highest BCUT2D eigenvalue weighted by Crippen LogP contribution is 2.50. The van der Waals surface area contributed by atoms with Gasteiger partial charge in [0.05, 0.1) is 34.8 Å². The molecule has 0 saturated carbocycles. The number of benzene rings is 8. The van der Waals surface area contributed by atoms with E-state index in [4.69, 9.17) is 4.98 Å². The van der Waals surface area contributed by atoms with Crippen LogP contribution in [-0.4, -0.2) is 21.8 Å². The van der Waals surface area contributed by atoms with Crippen molar-refractivity contribution in [2.24, 2.45) is 0 Å². The molecular weight excluding hydrogens is 767 g/mol. The molecule has 5 nitrogen and oxygen atoms in total. The zero-order chi connectivity index (χ0) is 42.5. The average Bonchev–Trinajstić information content (AvgIpc) is 3.90. The Labute approximate surface area is 369 Å². The molecule has 1 aliphatic rings. The highest BCUT2D eigenvalue weighted by Gasteiger charge is 2.34. The number of hydrogen-bond acceptors (Lipinski definition) is 4. The van der Waals surface area contributed by atoms with E-state index in [1.807, 2.05) is 6.20 Å². The van der Waals surface area contributed by atoms with Gasteiger partial charge in [0.15, 0.2) is 0 Å². The van der Waals surface area contributed by atoms with E-state index >= 15 is 0 Å². The van der Waals surface area contributed by atoms with Crippen LogP contribution in [-0.2, 0) is 0 Å². The number of pyridine rings is 1. The Morgan fingerprint density at radius 1 is 0.460 bits per heavy atom. The molecule has 0 N–H and O–H groups in total. The van der Waals surface area contributed by atoms with E-state index in [0.29, 0.717) is 0 Å². The standard InChI is InChI=1S/C58H47N5/c1-58(2,3)61-40-60(53-31-15-16-32-54(53)61)45-25-17-26-46(38-45)62(57-48(42-21-9-5-10-22-42)28-18-29-49(57)43-23-11-6-12-24-43)47-33-34-51-50-27-13-14-30-52(50)63(55(51)39-47)56-37-44(35-36-59-56)41-19-7-4-8-20-41/h4-39H,40H2,1-3H3. The van der Waals surface area contributed by atoms with E-state index < -0.39 is 0 Å². The number of rotatable bonds is 8. The minimum atomic E-state index is -0.0585. The first kappa shape index (κ1) is 38.1.